The third kappa shape index (κ3) is 4.28. The first kappa shape index (κ1) is 22.0. The number of amides is 3. The molecule has 33 heavy (non-hydrogen) atoms. The van der Waals surface area contributed by atoms with E-state index in [9.17, 15) is 19.2 Å². The van der Waals surface area contributed by atoms with Crippen LogP contribution < -0.4 is 15.0 Å². The van der Waals surface area contributed by atoms with Crippen LogP contribution in [0.3, 0.4) is 0 Å². The number of ether oxygens (including phenoxy) is 2. The second kappa shape index (κ2) is 8.75. The zero-order chi connectivity index (χ0) is 23.7. The molecule has 3 aromatic rings. The lowest BCUT2D eigenvalue weighted by atomic mass is 10.1. The molecule has 0 fully saturated rings. The summed E-state index contributed by atoms with van der Waals surface area (Å²) in [4.78, 5) is 50.8. The minimum absolute atomic E-state index is 0.00113. The Hall–Kier alpha value is -4.18. The van der Waals surface area contributed by atoms with Gasteiger partial charge in [-0.2, -0.15) is 0 Å². The van der Waals surface area contributed by atoms with E-state index in [1.54, 1.807) is 19.1 Å². The van der Waals surface area contributed by atoms with E-state index in [0.717, 1.165) is 4.90 Å². The number of rotatable bonds is 6. The van der Waals surface area contributed by atoms with Gasteiger partial charge in [-0.1, -0.05) is 16.8 Å². The van der Waals surface area contributed by atoms with Crippen molar-refractivity contribution in [3.05, 3.63) is 69.9 Å². The van der Waals surface area contributed by atoms with Crippen molar-refractivity contribution in [1.82, 2.24) is 5.16 Å². The number of aryl methyl sites for hydroxylation is 1. The van der Waals surface area contributed by atoms with Gasteiger partial charge in [-0.15, -0.1) is 0 Å². The molecule has 2 aromatic carbocycles. The van der Waals surface area contributed by atoms with Crippen LogP contribution in [0, 0.1) is 6.92 Å². The van der Waals surface area contributed by atoms with E-state index in [-0.39, 0.29) is 22.5 Å². The summed E-state index contributed by atoms with van der Waals surface area (Å²) < 4.78 is 15.1. The molecule has 0 saturated heterocycles. The number of hydrogen-bond acceptors (Lipinski definition) is 8. The third-order valence-electron chi connectivity index (χ3n) is 4.74. The second-order valence-corrected chi connectivity index (χ2v) is 7.41. The van der Waals surface area contributed by atoms with Crippen LogP contribution in [-0.4, -0.2) is 42.6 Å². The highest BCUT2D eigenvalue weighted by Gasteiger charge is 2.38. The maximum absolute atomic E-state index is 12.7. The van der Waals surface area contributed by atoms with Gasteiger partial charge < -0.3 is 19.3 Å². The molecule has 2 heterocycles. The van der Waals surface area contributed by atoms with Gasteiger partial charge in [0.15, 0.2) is 12.4 Å². The molecular formula is C22H16ClN3O7. The average Bonchev–Trinajstić information content (AvgIpc) is 3.32. The van der Waals surface area contributed by atoms with Gasteiger partial charge in [0.2, 0.25) is 0 Å². The van der Waals surface area contributed by atoms with E-state index in [2.05, 4.69) is 10.5 Å². The maximum atomic E-state index is 12.7. The first-order chi connectivity index (χ1) is 15.8. The predicted molar refractivity (Wildman–Crippen MR) is 116 cm³/mol. The van der Waals surface area contributed by atoms with Crippen LogP contribution in [0.15, 0.2) is 47.0 Å². The molecule has 0 saturated carbocycles. The lowest BCUT2D eigenvalue weighted by molar-refractivity contribution is -0.119. The molecule has 1 aromatic heterocycles. The van der Waals surface area contributed by atoms with Crippen molar-refractivity contribution in [3.63, 3.8) is 0 Å². The molecule has 11 heteroatoms. The summed E-state index contributed by atoms with van der Waals surface area (Å²) in [7, 11) is 1.43. The van der Waals surface area contributed by atoms with Crippen molar-refractivity contribution in [3.8, 4) is 5.75 Å². The summed E-state index contributed by atoms with van der Waals surface area (Å²) >= 11 is 5.93. The second-order valence-electron chi connectivity index (χ2n) is 6.97. The van der Waals surface area contributed by atoms with Crippen molar-refractivity contribution >= 4 is 46.8 Å². The fourth-order valence-electron chi connectivity index (χ4n) is 3.21. The number of halogens is 1. The number of hydrogen-bond donors (Lipinski definition) is 1. The Bertz CT molecular complexity index is 1300. The Balaban J connectivity index is 1.44. The summed E-state index contributed by atoms with van der Waals surface area (Å²) in [6, 6.07) is 10.0. The number of nitrogens with zero attached hydrogens (tertiary/aromatic N) is 2. The average molecular weight is 470 g/mol. The topological polar surface area (TPSA) is 128 Å². The number of methoxy groups -OCH3 is 1. The summed E-state index contributed by atoms with van der Waals surface area (Å²) in [6.45, 7) is 1.03. The largest absolute Gasteiger partial charge is 0.495 e. The minimum Gasteiger partial charge on any atom is -0.495 e. The number of fused-ring (bicyclic) bond motifs is 1. The van der Waals surface area contributed by atoms with Gasteiger partial charge in [0, 0.05) is 11.1 Å². The van der Waals surface area contributed by atoms with Crippen molar-refractivity contribution in [2.75, 3.05) is 23.9 Å². The first-order valence-electron chi connectivity index (χ1n) is 9.55. The smallest absolute Gasteiger partial charge is 0.338 e. The molecule has 0 atom stereocenters. The Kier molecular flexibility index (Phi) is 5.84. The third-order valence-corrected chi connectivity index (χ3v) is 4.97. The molecule has 1 aliphatic rings. The van der Waals surface area contributed by atoms with E-state index in [1.165, 1.54) is 37.4 Å². The molecule has 1 aliphatic heterocycles. The van der Waals surface area contributed by atoms with E-state index in [0.29, 0.717) is 22.2 Å². The van der Waals surface area contributed by atoms with Gasteiger partial charge in [0.25, 0.3) is 17.7 Å². The van der Waals surface area contributed by atoms with E-state index in [4.69, 9.17) is 25.6 Å². The predicted octanol–water partition coefficient (Wildman–Crippen LogP) is 3.24. The van der Waals surface area contributed by atoms with Crippen LogP contribution in [-0.2, 0) is 9.53 Å². The van der Waals surface area contributed by atoms with Gasteiger partial charge in [-0.3, -0.25) is 14.4 Å². The summed E-state index contributed by atoms with van der Waals surface area (Å²) in [6.07, 6.45) is 0. The Morgan fingerprint density at radius 2 is 1.85 bits per heavy atom. The Morgan fingerprint density at radius 1 is 1.09 bits per heavy atom. The maximum Gasteiger partial charge on any atom is 0.338 e. The summed E-state index contributed by atoms with van der Waals surface area (Å²) in [5.41, 5.74) is 0.448. The first-order valence-corrected chi connectivity index (χ1v) is 9.93. The van der Waals surface area contributed by atoms with Gasteiger partial charge in [-0.05, 0) is 43.3 Å². The number of nitrogens with one attached hydrogen (secondary N) is 1. The van der Waals surface area contributed by atoms with Crippen molar-refractivity contribution in [2.24, 2.45) is 0 Å². The highest BCUT2D eigenvalue weighted by atomic mass is 35.5. The van der Waals surface area contributed by atoms with E-state index < -0.39 is 30.3 Å². The zero-order valence-electron chi connectivity index (χ0n) is 17.4. The molecule has 0 aliphatic carbocycles. The number of imide groups is 1. The van der Waals surface area contributed by atoms with E-state index >= 15 is 0 Å². The Labute approximate surface area is 192 Å². The molecule has 0 radical (unpaired) electrons. The van der Waals surface area contributed by atoms with Crippen LogP contribution in [0.5, 0.6) is 5.75 Å². The SMILES string of the molecule is COc1ccc(Cl)cc1NC(=O)COC(=O)c1ccc2c(c1)C(=O)N(c1cc(C)on1)C2=O. The number of aromatic nitrogens is 1. The molecule has 10 nitrogen and oxygen atoms in total. The van der Waals surface area contributed by atoms with Gasteiger partial charge in [0.05, 0.1) is 29.5 Å². The highest BCUT2D eigenvalue weighted by Crippen LogP contribution is 2.29. The van der Waals surface area contributed by atoms with E-state index in [1.807, 2.05) is 0 Å². The number of carbonyl (C=O) groups is 4. The quantitative estimate of drug-likeness (QED) is 0.430. The fourth-order valence-corrected chi connectivity index (χ4v) is 3.39. The molecule has 4 rings (SSSR count). The molecule has 1 N–H and O–H groups in total. The normalized spacial score (nSPS) is 12.5. The lowest BCUT2D eigenvalue weighted by Crippen LogP contribution is -2.29. The van der Waals surface area contributed by atoms with Crippen LogP contribution in [0.25, 0.3) is 0 Å². The summed E-state index contributed by atoms with van der Waals surface area (Å²) in [5.74, 6) is -1.84. The lowest BCUT2D eigenvalue weighted by Gasteiger charge is -2.11. The zero-order valence-corrected chi connectivity index (χ0v) is 18.1. The minimum atomic E-state index is -0.845. The number of carbonyl (C=O) groups excluding carboxylic acids is 4. The van der Waals surface area contributed by atoms with Crippen molar-refractivity contribution < 1.29 is 33.2 Å². The van der Waals surface area contributed by atoms with Gasteiger partial charge in [-0.25, -0.2) is 9.69 Å². The molecule has 0 unspecified atom stereocenters. The van der Waals surface area contributed by atoms with Crippen molar-refractivity contribution in [2.45, 2.75) is 6.92 Å². The van der Waals surface area contributed by atoms with Crippen LogP contribution in [0.4, 0.5) is 11.5 Å². The van der Waals surface area contributed by atoms with Gasteiger partial charge in [0.1, 0.15) is 11.5 Å². The number of anilines is 2. The van der Waals surface area contributed by atoms with Crippen molar-refractivity contribution in [1.29, 1.82) is 0 Å². The Morgan fingerprint density at radius 3 is 2.55 bits per heavy atom. The highest BCUT2D eigenvalue weighted by molar-refractivity contribution is 6.34. The van der Waals surface area contributed by atoms with Crippen LogP contribution in [0.1, 0.15) is 36.8 Å². The molecule has 168 valence electrons. The number of esters is 1. The molecule has 3 amide bonds. The van der Waals surface area contributed by atoms with Gasteiger partial charge >= 0.3 is 5.97 Å². The molecular weight excluding hydrogens is 454 g/mol. The standard InChI is InChI=1S/C22H16ClN3O7/c1-11-7-18(25-33-11)26-20(28)14-5-3-12(8-15(14)21(26)29)22(30)32-10-19(27)24-16-9-13(23)4-6-17(16)31-2/h3-9H,10H2,1-2H3,(H,24,27). The van der Waals surface area contributed by atoms with Crippen LogP contribution >= 0.6 is 11.6 Å². The monoisotopic (exact) mass is 469 g/mol. The fraction of sp³-hybridized carbons (Fsp3) is 0.136. The summed E-state index contributed by atoms with van der Waals surface area (Å²) in [5, 5.41) is 6.62. The molecule has 0 bridgehead atoms. The van der Waals surface area contributed by atoms with Crippen LogP contribution in [0.2, 0.25) is 5.02 Å². The number of benzene rings is 2. The molecule has 0 spiro atoms.